The molecule has 7 nitrogen and oxygen atoms in total. The van der Waals surface area contributed by atoms with Gasteiger partial charge >= 0.3 is 0 Å². The van der Waals surface area contributed by atoms with Crippen LogP contribution in [0.3, 0.4) is 0 Å². The number of hydrogen-bond donors (Lipinski definition) is 3. The maximum absolute atomic E-state index is 12.0. The Labute approximate surface area is 148 Å². The molecule has 0 radical (unpaired) electrons. The Morgan fingerprint density at radius 2 is 2.08 bits per heavy atom. The van der Waals surface area contributed by atoms with E-state index in [1.54, 1.807) is 24.3 Å². The van der Waals surface area contributed by atoms with Gasteiger partial charge in [-0.3, -0.25) is 9.59 Å². The quantitative estimate of drug-likeness (QED) is 0.563. The Morgan fingerprint density at radius 3 is 2.84 bits per heavy atom. The van der Waals surface area contributed by atoms with Crippen molar-refractivity contribution in [1.29, 1.82) is 0 Å². The molecule has 0 saturated carbocycles. The minimum Gasteiger partial charge on any atom is -0.472 e. The SMILES string of the molecule is C[C@@H](NC(=O)c1ccoc1)C(=O)NCCNc1nc2ccccc2s1. The molecule has 2 amide bonds. The largest absolute Gasteiger partial charge is 0.472 e. The first-order valence-electron chi connectivity index (χ1n) is 7.83. The first-order valence-corrected chi connectivity index (χ1v) is 8.65. The van der Waals surface area contributed by atoms with Gasteiger partial charge < -0.3 is 20.4 Å². The van der Waals surface area contributed by atoms with Gasteiger partial charge in [0.2, 0.25) is 5.91 Å². The van der Waals surface area contributed by atoms with Crippen molar-refractivity contribution < 1.29 is 14.0 Å². The molecule has 1 atom stereocenters. The summed E-state index contributed by atoms with van der Waals surface area (Å²) in [7, 11) is 0. The lowest BCUT2D eigenvalue weighted by Gasteiger charge is -2.13. The fourth-order valence-electron chi connectivity index (χ4n) is 2.20. The lowest BCUT2D eigenvalue weighted by atomic mass is 10.2. The molecule has 3 N–H and O–H groups in total. The topological polar surface area (TPSA) is 96.3 Å². The van der Waals surface area contributed by atoms with Crippen LogP contribution < -0.4 is 16.0 Å². The number of rotatable bonds is 7. The summed E-state index contributed by atoms with van der Waals surface area (Å²) in [5.74, 6) is -0.591. The zero-order valence-electron chi connectivity index (χ0n) is 13.6. The number of hydrogen-bond acceptors (Lipinski definition) is 6. The van der Waals surface area contributed by atoms with Gasteiger partial charge in [0.1, 0.15) is 12.3 Å². The number of aromatic nitrogens is 1. The minimum absolute atomic E-state index is 0.247. The van der Waals surface area contributed by atoms with Crippen LogP contribution >= 0.6 is 11.3 Å². The lowest BCUT2D eigenvalue weighted by Crippen LogP contribution is -2.45. The van der Waals surface area contributed by atoms with E-state index in [4.69, 9.17) is 4.42 Å². The first-order chi connectivity index (χ1) is 12.1. The Balaban J connectivity index is 1.40. The van der Waals surface area contributed by atoms with Crippen LogP contribution in [0.25, 0.3) is 10.2 Å². The van der Waals surface area contributed by atoms with Gasteiger partial charge in [-0.15, -0.1) is 0 Å². The average Bonchev–Trinajstić information content (AvgIpc) is 3.27. The molecular formula is C17H18N4O3S. The molecule has 0 aliphatic rings. The Bertz CT molecular complexity index is 827. The fraction of sp³-hybridized carbons (Fsp3) is 0.235. The second-order valence-corrected chi connectivity index (χ2v) is 6.44. The van der Waals surface area contributed by atoms with Crippen molar-refractivity contribution in [3.8, 4) is 0 Å². The van der Waals surface area contributed by atoms with Crippen LogP contribution in [0.4, 0.5) is 5.13 Å². The van der Waals surface area contributed by atoms with E-state index in [0.717, 1.165) is 15.3 Å². The summed E-state index contributed by atoms with van der Waals surface area (Å²) in [6.07, 6.45) is 2.75. The lowest BCUT2D eigenvalue weighted by molar-refractivity contribution is -0.122. The van der Waals surface area contributed by atoms with Gasteiger partial charge in [0, 0.05) is 13.1 Å². The molecule has 0 fully saturated rings. The minimum atomic E-state index is -0.634. The summed E-state index contributed by atoms with van der Waals surface area (Å²) >= 11 is 1.57. The third kappa shape index (κ3) is 4.36. The second-order valence-electron chi connectivity index (χ2n) is 5.41. The third-order valence-electron chi connectivity index (χ3n) is 3.52. The monoisotopic (exact) mass is 358 g/mol. The number of anilines is 1. The van der Waals surface area contributed by atoms with Gasteiger partial charge in [-0.2, -0.15) is 0 Å². The smallest absolute Gasteiger partial charge is 0.255 e. The molecule has 25 heavy (non-hydrogen) atoms. The Kier molecular flexibility index (Phi) is 5.30. The van der Waals surface area contributed by atoms with Crippen LogP contribution in [0.15, 0.2) is 47.3 Å². The van der Waals surface area contributed by atoms with Crippen LogP contribution in [0.2, 0.25) is 0 Å². The number of carbonyl (C=O) groups excluding carboxylic acids is 2. The molecular weight excluding hydrogens is 340 g/mol. The number of furan rings is 1. The van der Waals surface area contributed by atoms with E-state index in [9.17, 15) is 9.59 Å². The van der Waals surface area contributed by atoms with E-state index >= 15 is 0 Å². The van der Waals surface area contributed by atoms with E-state index in [1.807, 2.05) is 24.3 Å². The van der Waals surface area contributed by atoms with Crippen LogP contribution in [0.5, 0.6) is 0 Å². The van der Waals surface area contributed by atoms with Gasteiger partial charge in [-0.1, -0.05) is 23.5 Å². The molecule has 130 valence electrons. The molecule has 0 bridgehead atoms. The molecule has 2 aromatic heterocycles. The van der Waals surface area contributed by atoms with Gasteiger partial charge in [-0.25, -0.2) is 4.98 Å². The fourth-order valence-corrected chi connectivity index (χ4v) is 3.09. The molecule has 0 spiro atoms. The van der Waals surface area contributed by atoms with Gasteiger partial charge in [-0.05, 0) is 25.1 Å². The number of nitrogens with one attached hydrogen (secondary N) is 3. The van der Waals surface area contributed by atoms with E-state index in [0.29, 0.717) is 18.7 Å². The molecule has 1 aromatic carbocycles. The first kappa shape index (κ1) is 17.0. The maximum atomic E-state index is 12.0. The Morgan fingerprint density at radius 1 is 1.24 bits per heavy atom. The maximum Gasteiger partial charge on any atom is 0.255 e. The normalized spacial score (nSPS) is 11.9. The summed E-state index contributed by atoms with van der Waals surface area (Å²) in [6, 6.07) is 8.81. The number of para-hydroxylation sites is 1. The molecule has 0 saturated heterocycles. The molecule has 8 heteroatoms. The Hall–Kier alpha value is -2.87. The highest BCUT2D eigenvalue weighted by Crippen LogP contribution is 2.24. The van der Waals surface area contributed by atoms with Crippen molar-refractivity contribution in [2.24, 2.45) is 0 Å². The number of thiazole rings is 1. The standard InChI is InChI=1S/C17H18N4O3S/c1-11(20-16(23)12-6-9-24-10-12)15(22)18-7-8-19-17-21-13-4-2-3-5-14(13)25-17/h2-6,9-11H,7-8H2,1H3,(H,18,22)(H,19,21)(H,20,23)/t11-/m1/s1. The predicted octanol–water partition coefficient (Wildman–Crippen LogP) is 2.24. The molecule has 2 heterocycles. The highest BCUT2D eigenvalue weighted by Gasteiger charge is 2.16. The van der Waals surface area contributed by atoms with Crippen LogP contribution in [-0.4, -0.2) is 35.9 Å². The van der Waals surface area contributed by atoms with Crippen molar-refractivity contribution in [3.05, 3.63) is 48.4 Å². The highest BCUT2D eigenvalue weighted by atomic mass is 32.1. The van der Waals surface area contributed by atoms with Crippen LogP contribution in [0.1, 0.15) is 17.3 Å². The molecule has 0 unspecified atom stereocenters. The number of amides is 2. The van der Waals surface area contributed by atoms with Gasteiger partial charge in [0.15, 0.2) is 5.13 Å². The van der Waals surface area contributed by atoms with Crippen molar-refractivity contribution in [2.75, 3.05) is 18.4 Å². The number of benzene rings is 1. The van der Waals surface area contributed by atoms with E-state index in [-0.39, 0.29) is 11.8 Å². The second kappa shape index (κ2) is 7.80. The van der Waals surface area contributed by atoms with E-state index < -0.39 is 6.04 Å². The molecule has 3 rings (SSSR count). The summed E-state index contributed by atoms with van der Waals surface area (Å²) < 4.78 is 5.96. The zero-order chi connectivity index (χ0) is 17.6. The van der Waals surface area contributed by atoms with Crippen molar-refractivity contribution in [3.63, 3.8) is 0 Å². The van der Waals surface area contributed by atoms with Crippen LogP contribution in [-0.2, 0) is 4.79 Å². The van der Waals surface area contributed by atoms with Crippen molar-refractivity contribution >= 4 is 38.5 Å². The van der Waals surface area contributed by atoms with E-state index in [2.05, 4.69) is 20.9 Å². The van der Waals surface area contributed by atoms with Crippen molar-refractivity contribution in [1.82, 2.24) is 15.6 Å². The summed E-state index contributed by atoms with van der Waals surface area (Å²) in [5.41, 5.74) is 1.34. The highest BCUT2D eigenvalue weighted by molar-refractivity contribution is 7.22. The third-order valence-corrected chi connectivity index (χ3v) is 4.51. The van der Waals surface area contributed by atoms with Crippen LogP contribution in [0, 0.1) is 0 Å². The molecule has 0 aliphatic heterocycles. The summed E-state index contributed by atoms with van der Waals surface area (Å²) in [4.78, 5) is 28.3. The number of carbonyl (C=O) groups is 2. The number of nitrogens with zero attached hydrogens (tertiary/aromatic N) is 1. The average molecular weight is 358 g/mol. The summed E-state index contributed by atoms with van der Waals surface area (Å²) in [6.45, 7) is 2.61. The van der Waals surface area contributed by atoms with Gasteiger partial charge in [0.05, 0.1) is 22.0 Å². The van der Waals surface area contributed by atoms with Gasteiger partial charge in [0.25, 0.3) is 5.91 Å². The van der Waals surface area contributed by atoms with Crippen molar-refractivity contribution in [2.45, 2.75) is 13.0 Å². The number of fused-ring (bicyclic) bond motifs is 1. The predicted molar refractivity (Wildman–Crippen MR) is 96.8 cm³/mol. The summed E-state index contributed by atoms with van der Waals surface area (Å²) in [5, 5.41) is 9.39. The van der Waals surface area contributed by atoms with E-state index in [1.165, 1.54) is 12.5 Å². The zero-order valence-corrected chi connectivity index (χ0v) is 14.4. The molecule has 3 aromatic rings. The molecule has 0 aliphatic carbocycles.